The summed E-state index contributed by atoms with van der Waals surface area (Å²) in [4.78, 5) is 14.1. The first-order valence-corrected chi connectivity index (χ1v) is 11.1. The van der Waals surface area contributed by atoms with Crippen molar-refractivity contribution in [3.63, 3.8) is 0 Å². The highest BCUT2D eigenvalue weighted by atomic mass is 79.9. The molecule has 4 rings (SSSR count). The van der Waals surface area contributed by atoms with Crippen LogP contribution in [0.3, 0.4) is 0 Å². The van der Waals surface area contributed by atoms with Crippen molar-refractivity contribution >= 4 is 42.9 Å². The van der Waals surface area contributed by atoms with Crippen molar-refractivity contribution in [1.82, 2.24) is 0 Å². The van der Waals surface area contributed by atoms with E-state index in [2.05, 4.69) is 15.9 Å². The molecule has 0 atom stereocenters. The van der Waals surface area contributed by atoms with Gasteiger partial charge in [0.15, 0.2) is 0 Å². The smallest absolute Gasteiger partial charge is 0.214 e. The lowest BCUT2D eigenvalue weighted by atomic mass is 10.1. The maximum Gasteiger partial charge on any atom is 0.214 e. The largest absolute Gasteiger partial charge is 0.497 e. The van der Waals surface area contributed by atoms with Crippen LogP contribution in [0, 0.1) is 5.82 Å². The SMILES string of the molecule is COc1ccc(C(=O)C2=CN(c3cccc(Br)c3)c3cc(F)ccc3S2(=O)=O)cc1. The molecule has 0 saturated carbocycles. The van der Waals surface area contributed by atoms with E-state index in [0.717, 1.165) is 16.6 Å². The fourth-order valence-corrected chi connectivity index (χ4v) is 5.10. The molecule has 0 aromatic heterocycles. The van der Waals surface area contributed by atoms with Crippen LogP contribution < -0.4 is 9.64 Å². The first-order valence-electron chi connectivity index (χ1n) is 8.81. The number of allylic oxidation sites excluding steroid dienone is 1. The van der Waals surface area contributed by atoms with Gasteiger partial charge in [0.1, 0.15) is 16.5 Å². The zero-order valence-corrected chi connectivity index (χ0v) is 18.1. The van der Waals surface area contributed by atoms with Crippen molar-refractivity contribution in [2.45, 2.75) is 4.90 Å². The van der Waals surface area contributed by atoms with Gasteiger partial charge in [0.05, 0.1) is 17.7 Å². The minimum atomic E-state index is -4.15. The molecule has 0 fully saturated rings. The second-order valence-electron chi connectivity index (χ2n) is 6.52. The number of ketones is 1. The maximum absolute atomic E-state index is 14.0. The summed E-state index contributed by atoms with van der Waals surface area (Å²) < 4.78 is 46.3. The molecule has 0 amide bonds. The molecule has 1 heterocycles. The molecule has 8 heteroatoms. The minimum Gasteiger partial charge on any atom is -0.497 e. The molecule has 0 spiro atoms. The molecule has 1 aliphatic heterocycles. The Morgan fingerprint density at radius 1 is 1.03 bits per heavy atom. The zero-order chi connectivity index (χ0) is 21.5. The first-order chi connectivity index (χ1) is 14.3. The molecule has 30 heavy (non-hydrogen) atoms. The lowest BCUT2D eigenvalue weighted by Crippen LogP contribution is -2.26. The Morgan fingerprint density at radius 3 is 2.43 bits per heavy atom. The van der Waals surface area contributed by atoms with Crippen LogP contribution in [0.25, 0.3) is 0 Å². The topological polar surface area (TPSA) is 63.7 Å². The average Bonchev–Trinajstić information content (AvgIpc) is 2.73. The summed E-state index contributed by atoms with van der Waals surface area (Å²) in [6, 6.07) is 16.6. The van der Waals surface area contributed by atoms with E-state index in [1.54, 1.807) is 30.3 Å². The Morgan fingerprint density at radius 2 is 1.77 bits per heavy atom. The van der Waals surface area contributed by atoms with Gasteiger partial charge in [-0.2, -0.15) is 0 Å². The van der Waals surface area contributed by atoms with Gasteiger partial charge in [0, 0.05) is 21.9 Å². The Labute approximate surface area is 181 Å². The number of carbonyl (C=O) groups excluding carboxylic acids is 1. The van der Waals surface area contributed by atoms with Gasteiger partial charge in [-0.25, -0.2) is 12.8 Å². The van der Waals surface area contributed by atoms with E-state index in [4.69, 9.17) is 4.74 Å². The van der Waals surface area contributed by atoms with Gasteiger partial charge >= 0.3 is 0 Å². The Balaban J connectivity index is 1.91. The van der Waals surface area contributed by atoms with E-state index in [1.165, 1.54) is 36.4 Å². The maximum atomic E-state index is 14.0. The fourth-order valence-electron chi connectivity index (χ4n) is 3.19. The number of halogens is 2. The molecule has 0 N–H and O–H groups in total. The zero-order valence-electron chi connectivity index (χ0n) is 15.7. The van der Waals surface area contributed by atoms with Gasteiger partial charge in [-0.3, -0.25) is 4.79 Å². The summed E-state index contributed by atoms with van der Waals surface area (Å²) in [5.41, 5.74) is 0.913. The summed E-state index contributed by atoms with van der Waals surface area (Å²) in [7, 11) is -2.66. The standard InChI is InChI=1S/C22H15BrFNO4S/c1-29-18-8-5-14(6-9-18)22(26)21-13-25(17-4-2-3-15(23)11-17)19-12-16(24)7-10-20(19)30(21,27)28/h2-13H,1H3. The van der Waals surface area contributed by atoms with Crippen molar-refractivity contribution in [3.8, 4) is 5.75 Å². The molecule has 0 aliphatic carbocycles. The molecule has 0 radical (unpaired) electrons. The van der Waals surface area contributed by atoms with E-state index in [-0.39, 0.29) is 16.1 Å². The van der Waals surface area contributed by atoms with Gasteiger partial charge < -0.3 is 9.64 Å². The number of carbonyl (C=O) groups is 1. The number of Topliss-reactive ketones (excluding diaryl/α,β-unsaturated/α-hetero) is 1. The monoisotopic (exact) mass is 487 g/mol. The predicted octanol–water partition coefficient (Wildman–Crippen LogP) is 5.25. The van der Waals surface area contributed by atoms with Gasteiger partial charge in [-0.05, 0) is 60.7 Å². The number of anilines is 2. The molecule has 0 bridgehead atoms. The van der Waals surface area contributed by atoms with Crippen LogP contribution in [0.4, 0.5) is 15.8 Å². The Hall–Kier alpha value is -2.97. The van der Waals surface area contributed by atoms with Gasteiger partial charge in [0.2, 0.25) is 15.6 Å². The third kappa shape index (κ3) is 3.53. The number of methoxy groups -OCH3 is 1. The second-order valence-corrected chi connectivity index (χ2v) is 9.32. The van der Waals surface area contributed by atoms with Gasteiger partial charge in [-0.1, -0.05) is 22.0 Å². The second kappa shape index (κ2) is 7.70. The van der Waals surface area contributed by atoms with Crippen molar-refractivity contribution in [2.24, 2.45) is 0 Å². The highest BCUT2D eigenvalue weighted by Crippen LogP contribution is 2.41. The lowest BCUT2D eigenvalue weighted by Gasteiger charge is -2.29. The van der Waals surface area contributed by atoms with Crippen LogP contribution in [0.5, 0.6) is 5.75 Å². The van der Waals surface area contributed by atoms with Crippen LogP contribution in [0.15, 0.2) is 87.2 Å². The number of rotatable bonds is 4. The van der Waals surface area contributed by atoms with Crippen LogP contribution in [0.1, 0.15) is 10.4 Å². The summed E-state index contributed by atoms with van der Waals surface area (Å²) >= 11 is 3.38. The molecule has 0 saturated heterocycles. The predicted molar refractivity (Wildman–Crippen MR) is 115 cm³/mol. The highest BCUT2D eigenvalue weighted by molar-refractivity contribution is 9.10. The Bertz CT molecular complexity index is 1290. The van der Waals surface area contributed by atoms with Gasteiger partial charge in [-0.15, -0.1) is 0 Å². The lowest BCUT2D eigenvalue weighted by molar-refractivity contribution is 0.104. The van der Waals surface area contributed by atoms with Crippen molar-refractivity contribution < 1.29 is 22.3 Å². The van der Waals surface area contributed by atoms with E-state index in [9.17, 15) is 17.6 Å². The van der Waals surface area contributed by atoms with Crippen LogP contribution in [-0.4, -0.2) is 21.3 Å². The van der Waals surface area contributed by atoms with Gasteiger partial charge in [0.25, 0.3) is 0 Å². The van der Waals surface area contributed by atoms with Crippen LogP contribution in [0.2, 0.25) is 0 Å². The van der Waals surface area contributed by atoms with Crippen molar-refractivity contribution in [3.05, 3.63) is 93.7 Å². The van der Waals surface area contributed by atoms with Crippen LogP contribution >= 0.6 is 15.9 Å². The average molecular weight is 488 g/mol. The number of fused-ring (bicyclic) bond motifs is 1. The molecule has 1 aliphatic rings. The summed E-state index contributed by atoms with van der Waals surface area (Å²) in [5, 5.41) is 0. The van der Waals surface area contributed by atoms with Crippen LogP contribution in [-0.2, 0) is 9.84 Å². The minimum absolute atomic E-state index is 0.136. The van der Waals surface area contributed by atoms with Crippen molar-refractivity contribution in [2.75, 3.05) is 12.0 Å². The normalized spacial score (nSPS) is 14.6. The molecule has 5 nitrogen and oxygen atoms in total. The number of sulfone groups is 1. The summed E-state index contributed by atoms with van der Waals surface area (Å²) in [6.45, 7) is 0. The summed E-state index contributed by atoms with van der Waals surface area (Å²) in [6.07, 6.45) is 1.24. The van der Waals surface area contributed by atoms with Crippen molar-refractivity contribution in [1.29, 1.82) is 0 Å². The molecule has 0 unspecified atom stereocenters. The Kier molecular flexibility index (Phi) is 5.21. The molecule has 3 aromatic rings. The number of hydrogen-bond acceptors (Lipinski definition) is 5. The third-order valence-corrected chi connectivity index (χ3v) is 6.96. The first kappa shape index (κ1) is 20.3. The molecule has 152 valence electrons. The molecule has 3 aromatic carbocycles. The van der Waals surface area contributed by atoms with E-state index >= 15 is 0 Å². The number of nitrogens with zero attached hydrogens (tertiary/aromatic N) is 1. The number of benzene rings is 3. The fraction of sp³-hybridized carbons (Fsp3) is 0.0455. The summed E-state index contributed by atoms with van der Waals surface area (Å²) in [5.74, 6) is -0.696. The molecular formula is C22H15BrFNO4S. The quantitative estimate of drug-likeness (QED) is 0.371. The van der Waals surface area contributed by atoms with E-state index in [0.29, 0.717) is 11.4 Å². The highest BCUT2D eigenvalue weighted by Gasteiger charge is 2.36. The number of hydrogen-bond donors (Lipinski definition) is 0. The number of ether oxygens (including phenoxy) is 1. The third-order valence-electron chi connectivity index (χ3n) is 4.67. The molecular weight excluding hydrogens is 473 g/mol. The van der Waals surface area contributed by atoms with E-state index in [1.807, 2.05) is 6.07 Å². The van der Waals surface area contributed by atoms with E-state index < -0.39 is 26.3 Å².